The smallest absolute Gasteiger partial charge is 0.344 e. The van der Waals surface area contributed by atoms with E-state index in [0.29, 0.717) is 0 Å². The largest absolute Gasteiger partial charge is 0.457 e. The van der Waals surface area contributed by atoms with Crippen molar-refractivity contribution in [3.8, 4) is 0 Å². The second-order valence-electron chi connectivity index (χ2n) is 4.96. The van der Waals surface area contributed by atoms with Crippen molar-refractivity contribution in [2.45, 2.75) is 27.4 Å². The van der Waals surface area contributed by atoms with E-state index in [-0.39, 0.29) is 24.4 Å². The summed E-state index contributed by atoms with van der Waals surface area (Å²) < 4.78 is 33.3. The Balaban J connectivity index is 2.10. The molecule has 22 heavy (non-hydrogen) atoms. The van der Waals surface area contributed by atoms with Crippen LogP contribution in [0, 0.1) is 6.92 Å². The number of nitrogens with zero attached hydrogens (tertiary/aromatic N) is 2. The van der Waals surface area contributed by atoms with Crippen molar-refractivity contribution in [3.63, 3.8) is 0 Å². The van der Waals surface area contributed by atoms with Gasteiger partial charge in [-0.1, -0.05) is 29.8 Å². The predicted octanol–water partition coefficient (Wildman–Crippen LogP) is 1.96. The summed E-state index contributed by atoms with van der Waals surface area (Å²) in [5.41, 5.74) is 2.28. The minimum Gasteiger partial charge on any atom is -0.457 e. The van der Waals surface area contributed by atoms with Crippen LogP contribution >= 0.6 is 0 Å². The number of rotatable bonds is 4. The third-order valence-electron chi connectivity index (χ3n) is 3.23. The van der Waals surface area contributed by atoms with Gasteiger partial charge in [0.1, 0.15) is 6.61 Å². The topological polar surface area (TPSA) is 76.0 Å². The molecule has 0 atom stereocenters. The average molecular weight is 322 g/mol. The Hall–Kier alpha value is -2.15. The number of hydrogen-bond donors (Lipinski definition) is 0. The number of aryl methyl sites for hydroxylation is 1. The molecular weight excluding hydrogens is 304 g/mol. The van der Waals surface area contributed by atoms with E-state index in [4.69, 9.17) is 4.74 Å². The summed E-state index contributed by atoms with van der Waals surface area (Å²) in [7, 11) is -3.72. The highest BCUT2D eigenvalue weighted by molar-refractivity contribution is 7.88. The van der Waals surface area contributed by atoms with E-state index in [0.717, 1.165) is 15.4 Å². The van der Waals surface area contributed by atoms with Crippen LogP contribution in [0.1, 0.15) is 25.0 Å². The van der Waals surface area contributed by atoms with E-state index in [9.17, 15) is 13.2 Å². The molecule has 0 aliphatic carbocycles. The number of carbonyl (C=O) groups is 1. The molecule has 0 N–H and O–H groups in total. The predicted molar refractivity (Wildman–Crippen MR) is 83.5 cm³/mol. The lowest BCUT2D eigenvalue weighted by atomic mass is 10.1. The Morgan fingerprint density at radius 1 is 1.23 bits per heavy atom. The molecule has 0 spiro atoms. The van der Waals surface area contributed by atoms with Gasteiger partial charge in [0.05, 0.1) is 11.3 Å². The van der Waals surface area contributed by atoms with Gasteiger partial charge in [-0.3, -0.25) is 4.31 Å². The van der Waals surface area contributed by atoms with Crippen LogP contribution in [0.5, 0.6) is 0 Å². The molecule has 1 aromatic rings. The maximum Gasteiger partial charge on any atom is 0.344 e. The minimum atomic E-state index is -3.72. The lowest BCUT2D eigenvalue weighted by molar-refractivity contribution is -0.139. The van der Waals surface area contributed by atoms with Gasteiger partial charge < -0.3 is 4.74 Å². The first-order valence-corrected chi connectivity index (χ1v) is 8.26. The van der Waals surface area contributed by atoms with Crippen LogP contribution < -0.4 is 0 Å². The van der Waals surface area contributed by atoms with Gasteiger partial charge in [0.15, 0.2) is 0 Å². The monoisotopic (exact) mass is 322 g/mol. The first-order valence-electron chi connectivity index (χ1n) is 6.86. The first-order chi connectivity index (χ1) is 10.3. The molecule has 0 amide bonds. The number of carbonyl (C=O) groups excluding carboxylic acids is 1. The van der Waals surface area contributed by atoms with Crippen LogP contribution in [-0.4, -0.2) is 30.9 Å². The Bertz CT molecular complexity index is 733. The molecule has 0 bridgehead atoms. The zero-order valence-electron chi connectivity index (χ0n) is 12.7. The van der Waals surface area contributed by atoms with E-state index in [2.05, 4.69) is 4.40 Å². The fourth-order valence-electron chi connectivity index (χ4n) is 1.94. The molecule has 1 aliphatic heterocycles. The molecule has 1 aliphatic rings. The van der Waals surface area contributed by atoms with Crippen LogP contribution in [0.25, 0.3) is 0 Å². The molecule has 0 fully saturated rings. The normalized spacial score (nSPS) is 16.8. The molecule has 0 radical (unpaired) electrons. The van der Waals surface area contributed by atoms with E-state index in [1.807, 2.05) is 31.2 Å². The van der Waals surface area contributed by atoms with Crippen molar-refractivity contribution in [1.82, 2.24) is 4.31 Å². The number of hydrogen-bond acceptors (Lipinski definition) is 4. The van der Waals surface area contributed by atoms with Crippen LogP contribution in [-0.2, 0) is 26.3 Å². The maximum absolute atomic E-state index is 12.1. The highest BCUT2D eigenvalue weighted by atomic mass is 32.2. The Morgan fingerprint density at radius 2 is 1.86 bits per heavy atom. The molecule has 1 heterocycles. The third kappa shape index (κ3) is 3.54. The summed E-state index contributed by atoms with van der Waals surface area (Å²) in [6.07, 6.45) is 1.27. The second kappa shape index (κ2) is 6.31. The molecule has 2 rings (SSSR count). The standard InChI is InChI=1S/C15H18N2O4S/c1-4-17-9-14(12(3)16-22(17,19)20)15(18)21-10-13-7-5-11(2)6-8-13/h5-9H,4,10H2,1-3H3. The Labute approximate surface area is 130 Å². The van der Waals surface area contributed by atoms with Crippen molar-refractivity contribution >= 4 is 21.9 Å². The number of esters is 1. The summed E-state index contributed by atoms with van der Waals surface area (Å²) in [6, 6.07) is 7.62. The van der Waals surface area contributed by atoms with Crippen molar-refractivity contribution in [2.24, 2.45) is 4.40 Å². The fraction of sp³-hybridized carbons (Fsp3) is 0.333. The van der Waals surface area contributed by atoms with Crippen molar-refractivity contribution in [2.75, 3.05) is 6.54 Å². The lowest BCUT2D eigenvalue weighted by Gasteiger charge is -2.21. The molecule has 118 valence electrons. The molecule has 6 nitrogen and oxygen atoms in total. The molecule has 1 aromatic carbocycles. The van der Waals surface area contributed by atoms with E-state index in [1.165, 1.54) is 13.1 Å². The van der Waals surface area contributed by atoms with E-state index < -0.39 is 16.2 Å². The number of ether oxygens (including phenoxy) is 1. The average Bonchev–Trinajstić information content (AvgIpc) is 2.45. The summed E-state index contributed by atoms with van der Waals surface area (Å²) in [5.74, 6) is -0.588. The SMILES string of the molecule is CCN1C=C(C(=O)OCc2ccc(C)cc2)C(C)=NS1(=O)=O. The quantitative estimate of drug-likeness (QED) is 0.794. The molecule has 0 saturated heterocycles. The van der Waals surface area contributed by atoms with Crippen LogP contribution in [0.3, 0.4) is 0 Å². The Kier molecular flexibility index (Phi) is 4.65. The fourth-order valence-corrected chi connectivity index (χ4v) is 3.06. The van der Waals surface area contributed by atoms with Gasteiger partial charge in [0.25, 0.3) is 0 Å². The summed E-state index contributed by atoms with van der Waals surface area (Å²) in [4.78, 5) is 12.1. The first kappa shape index (κ1) is 16.2. The molecule has 7 heteroatoms. The van der Waals surface area contributed by atoms with Crippen molar-refractivity contribution < 1.29 is 17.9 Å². The molecule has 0 saturated carbocycles. The van der Waals surface area contributed by atoms with Crippen LogP contribution in [0.4, 0.5) is 0 Å². The zero-order chi connectivity index (χ0) is 16.3. The van der Waals surface area contributed by atoms with Gasteiger partial charge in [-0.25, -0.2) is 4.79 Å². The van der Waals surface area contributed by atoms with Gasteiger partial charge >= 0.3 is 16.2 Å². The van der Waals surface area contributed by atoms with Crippen LogP contribution in [0.15, 0.2) is 40.4 Å². The van der Waals surface area contributed by atoms with Crippen molar-refractivity contribution in [1.29, 1.82) is 0 Å². The minimum absolute atomic E-state index is 0.128. The van der Waals surface area contributed by atoms with Gasteiger partial charge in [-0.05, 0) is 26.3 Å². The second-order valence-corrected chi connectivity index (χ2v) is 6.51. The number of benzene rings is 1. The van der Waals surface area contributed by atoms with Gasteiger partial charge in [0, 0.05) is 12.7 Å². The van der Waals surface area contributed by atoms with Gasteiger partial charge in [0.2, 0.25) is 0 Å². The molecule has 0 unspecified atom stereocenters. The summed E-state index contributed by atoms with van der Waals surface area (Å²) in [6.45, 7) is 5.45. The highest BCUT2D eigenvalue weighted by Crippen LogP contribution is 2.17. The van der Waals surface area contributed by atoms with Crippen LogP contribution in [0.2, 0.25) is 0 Å². The Morgan fingerprint density at radius 3 is 2.45 bits per heavy atom. The van der Waals surface area contributed by atoms with E-state index >= 15 is 0 Å². The lowest BCUT2D eigenvalue weighted by Crippen LogP contribution is -2.31. The highest BCUT2D eigenvalue weighted by Gasteiger charge is 2.27. The molecular formula is C15H18N2O4S. The molecule has 0 aromatic heterocycles. The maximum atomic E-state index is 12.1. The zero-order valence-corrected chi connectivity index (χ0v) is 13.6. The summed E-state index contributed by atoms with van der Waals surface area (Å²) >= 11 is 0. The summed E-state index contributed by atoms with van der Waals surface area (Å²) in [5, 5.41) is 0. The van der Waals surface area contributed by atoms with Gasteiger partial charge in [-0.2, -0.15) is 8.42 Å². The van der Waals surface area contributed by atoms with E-state index in [1.54, 1.807) is 6.92 Å². The van der Waals surface area contributed by atoms with Crippen molar-refractivity contribution in [3.05, 3.63) is 47.2 Å². The third-order valence-corrected chi connectivity index (χ3v) is 4.69. The van der Waals surface area contributed by atoms with Gasteiger partial charge in [-0.15, -0.1) is 4.40 Å².